The molecule has 0 aliphatic carbocycles. The van der Waals surface area contributed by atoms with Crippen molar-refractivity contribution in [2.75, 3.05) is 0 Å². The summed E-state index contributed by atoms with van der Waals surface area (Å²) in [5.74, 6) is 0.777. The Labute approximate surface area is 179 Å². The van der Waals surface area contributed by atoms with E-state index in [-0.39, 0.29) is 77.3 Å². The van der Waals surface area contributed by atoms with Gasteiger partial charge in [0.15, 0.2) is 0 Å². The predicted molar refractivity (Wildman–Crippen MR) is 83.1 cm³/mol. The van der Waals surface area contributed by atoms with E-state index in [2.05, 4.69) is 30.9 Å². The van der Waals surface area contributed by atoms with Gasteiger partial charge in [-0.15, -0.1) is 0 Å². The second-order valence-corrected chi connectivity index (χ2v) is 5.38. The summed E-state index contributed by atoms with van der Waals surface area (Å²) < 4.78 is 0. The zero-order valence-corrected chi connectivity index (χ0v) is 20.1. The Bertz CT molecular complexity index is 397. The van der Waals surface area contributed by atoms with Crippen molar-refractivity contribution in [3.05, 3.63) is 25.6 Å². The Morgan fingerprint density at radius 1 is 1.26 bits per heavy atom. The van der Waals surface area contributed by atoms with Crippen LogP contribution in [0.15, 0.2) is 22.0 Å². The van der Waals surface area contributed by atoms with Gasteiger partial charge in [0.2, 0.25) is 0 Å². The molecule has 1 unspecified atom stereocenters. The molecule has 0 aromatic heterocycles. The van der Waals surface area contributed by atoms with Crippen LogP contribution in [0.3, 0.4) is 0 Å². The van der Waals surface area contributed by atoms with Crippen LogP contribution in [0.2, 0.25) is 0 Å². The van der Waals surface area contributed by atoms with Crippen molar-refractivity contribution in [3.63, 3.8) is 0 Å². The van der Waals surface area contributed by atoms with Gasteiger partial charge in [-0.3, -0.25) is 11.6 Å². The summed E-state index contributed by atoms with van der Waals surface area (Å²) in [7, 11) is 0. The van der Waals surface area contributed by atoms with Crippen molar-refractivity contribution < 1.29 is 68.2 Å². The summed E-state index contributed by atoms with van der Waals surface area (Å²) in [5, 5.41) is 7.64. The quantitative estimate of drug-likeness (QED) is 0.379. The molecule has 129 valence electrons. The van der Waals surface area contributed by atoms with Gasteiger partial charge in [-0.25, -0.2) is 5.11 Å². The molecule has 0 bridgehead atoms. The van der Waals surface area contributed by atoms with Gasteiger partial charge < -0.3 is 23.4 Å². The number of nitrogens with zero attached hydrogens (tertiary/aromatic N) is 2. The number of rotatable bonds is 5. The molecule has 0 fully saturated rings. The first-order valence-electron chi connectivity index (χ1n) is 6.78. The normalized spacial score (nSPS) is 14.4. The van der Waals surface area contributed by atoms with E-state index in [4.69, 9.17) is 4.79 Å². The molecular formula is C16H25N2O3WY-3. The van der Waals surface area contributed by atoms with Gasteiger partial charge >= 0.3 is 0 Å². The van der Waals surface area contributed by atoms with Crippen LogP contribution in [-0.4, -0.2) is 24.4 Å². The van der Waals surface area contributed by atoms with Crippen LogP contribution in [0.5, 0.6) is 0 Å². The minimum Gasteiger partial charge on any atom is -0.545 e. The molecule has 0 N–H and O–H groups in total. The fraction of sp³-hybridized carbons (Fsp3) is 0.562. The summed E-state index contributed by atoms with van der Waals surface area (Å²) in [5.41, 5.74) is 0.758. The first kappa shape index (κ1) is 30.8. The Hall–Kier alpha value is 0.0122. The van der Waals surface area contributed by atoms with E-state index in [9.17, 15) is 9.59 Å². The zero-order valence-electron chi connectivity index (χ0n) is 14.3. The number of hydrogen-bond acceptors (Lipinski definition) is 5. The van der Waals surface area contributed by atoms with Gasteiger partial charge in [0.1, 0.15) is 5.78 Å². The van der Waals surface area contributed by atoms with E-state index in [1.165, 1.54) is 0 Å². The van der Waals surface area contributed by atoms with Crippen LogP contribution in [0.4, 0.5) is 0 Å². The number of azo groups is 1. The van der Waals surface area contributed by atoms with Gasteiger partial charge in [0.25, 0.3) is 0 Å². The van der Waals surface area contributed by atoms with Crippen molar-refractivity contribution in [3.8, 4) is 0 Å². The van der Waals surface area contributed by atoms with Gasteiger partial charge in [-0.1, -0.05) is 33.8 Å². The van der Waals surface area contributed by atoms with Crippen molar-refractivity contribution in [2.24, 2.45) is 22.1 Å². The Kier molecular flexibility index (Phi) is 24.6. The third-order valence-corrected chi connectivity index (χ3v) is 2.35. The second-order valence-electron chi connectivity index (χ2n) is 5.38. The van der Waals surface area contributed by atoms with Crippen LogP contribution in [0.1, 0.15) is 40.5 Å². The summed E-state index contributed by atoms with van der Waals surface area (Å²) >= 11 is 0. The number of hydrogen-bond donors (Lipinski definition) is 0. The topological polar surface area (TPSA) is 75.9 Å². The van der Waals surface area contributed by atoms with Gasteiger partial charge in [-0.2, -0.15) is 5.11 Å². The standard InChI is InChI=1S/C9H13N2O.C6H11O.CHO.W.Y/c1-6(2)9(12)5-8-4-7(3)10-11-8;1-5(2)4-6(3)7;1-2;;/h4,6-7H,3,5H2,1-2H3;5H,3-4H2,1-2H3;1H;;/q3*-1;;. The van der Waals surface area contributed by atoms with Crippen LogP contribution >= 0.6 is 0 Å². The molecule has 23 heavy (non-hydrogen) atoms. The monoisotopic (exact) mass is 566 g/mol. The SMILES string of the molecule is [CH-]=O.[CH2-]C(=O)CC(C)C.[CH2-]C1C=C(CC(=O)C(C)C)N=N1.[W].[Y]. The summed E-state index contributed by atoms with van der Waals surface area (Å²) in [4.78, 5) is 29.1. The third kappa shape index (κ3) is 20.0. The average molecular weight is 566 g/mol. The number of ketones is 2. The number of Topliss-reactive ketones (excluding diaryl/α,β-unsaturated/α-hetero) is 2. The molecule has 1 heterocycles. The molecule has 0 amide bonds. The molecule has 0 spiro atoms. The van der Waals surface area contributed by atoms with E-state index >= 15 is 0 Å². The first-order valence-corrected chi connectivity index (χ1v) is 6.78. The maximum atomic E-state index is 11.2. The van der Waals surface area contributed by atoms with E-state index < -0.39 is 0 Å². The molecule has 0 saturated heterocycles. The summed E-state index contributed by atoms with van der Waals surface area (Å²) in [6.07, 6.45) is 2.83. The minimum atomic E-state index is -0.0973. The maximum absolute atomic E-state index is 11.2. The zero-order chi connectivity index (χ0) is 17.0. The molecule has 0 aromatic rings. The minimum absolute atomic E-state index is 0. The molecule has 7 heteroatoms. The smallest absolute Gasteiger partial charge is 0.141 e. The van der Waals surface area contributed by atoms with E-state index in [1.54, 1.807) is 0 Å². The first-order chi connectivity index (χ1) is 9.72. The fourth-order valence-corrected chi connectivity index (χ4v) is 1.37. The third-order valence-electron chi connectivity index (χ3n) is 2.35. The van der Waals surface area contributed by atoms with E-state index in [1.807, 2.05) is 33.8 Å². The molecule has 5 nitrogen and oxygen atoms in total. The average Bonchev–Trinajstić information content (AvgIpc) is 2.76. The Balaban J connectivity index is -0.000000144. The number of carbonyl (C=O) groups is 2. The van der Waals surface area contributed by atoms with Crippen LogP contribution < -0.4 is 0 Å². The molecular weight excluding hydrogens is 541 g/mol. The molecule has 1 rings (SSSR count). The summed E-state index contributed by atoms with van der Waals surface area (Å²) in [6, 6.07) is -0.0973. The molecule has 1 atom stereocenters. The number of allylic oxidation sites excluding steroid dienone is 1. The maximum Gasteiger partial charge on any atom is 0.141 e. The van der Waals surface area contributed by atoms with Crippen LogP contribution in [-0.2, 0) is 68.2 Å². The van der Waals surface area contributed by atoms with Gasteiger partial charge in [0.05, 0.1) is 12.1 Å². The van der Waals surface area contributed by atoms with Gasteiger partial charge in [-0.05, 0) is 24.2 Å². The van der Waals surface area contributed by atoms with Crippen molar-refractivity contribution in [1.29, 1.82) is 0 Å². The molecule has 0 saturated carbocycles. The van der Waals surface area contributed by atoms with E-state index in [0.717, 1.165) is 5.70 Å². The Morgan fingerprint density at radius 2 is 1.74 bits per heavy atom. The van der Waals surface area contributed by atoms with E-state index in [0.29, 0.717) is 18.8 Å². The van der Waals surface area contributed by atoms with Crippen molar-refractivity contribution in [1.82, 2.24) is 0 Å². The molecule has 1 aliphatic heterocycles. The number of carbonyl (C=O) groups excluding carboxylic acids is 3. The second kappa shape index (κ2) is 18.4. The van der Waals surface area contributed by atoms with Crippen molar-refractivity contribution >= 4 is 18.4 Å². The summed E-state index contributed by atoms with van der Waals surface area (Å²) in [6.45, 7) is 18.0. The van der Waals surface area contributed by atoms with Crippen LogP contribution in [0.25, 0.3) is 0 Å². The van der Waals surface area contributed by atoms with Gasteiger partial charge in [0, 0.05) is 59.7 Å². The van der Waals surface area contributed by atoms with Crippen LogP contribution in [0, 0.1) is 25.7 Å². The van der Waals surface area contributed by atoms with Crippen molar-refractivity contribution in [2.45, 2.75) is 46.6 Å². The fourth-order valence-electron chi connectivity index (χ4n) is 1.37. The molecule has 1 radical (unpaired) electrons. The Morgan fingerprint density at radius 3 is 1.96 bits per heavy atom. The molecule has 0 aromatic carbocycles. The largest absolute Gasteiger partial charge is 0.545 e. The molecule has 1 aliphatic rings. The predicted octanol–water partition coefficient (Wildman–Crippen LogP) is 3.31.